The molecule has 2 unspecified atom stereocenters. The Hall–Kier alpha value is -3.59. The van der Waals surface area contributed by atoms with E-state index in [1.165, 1.54) is 205 Å². The molecule has 2 atom stereocenters. The zero-order valence-corrected chi connectivity index (χ0v) is 58.5. The molecule has 0 amide bonds. The Balaban J connectivity index is 3.84. The van der Waals surface area contributed by atoms with Gasteiger partial charge in [0.1, 0.15) is 6.61 Å². The second-order valence-electron chi connectivity index (χ2n) is 24.4. The summed E-state index contributed by atoms with van der Waals surface area (Å²) in [5, 5.41) is 0. The molecule has 0 aromatic carbocycles. The minimum atomic E-state index is -4.40. The number of carbonyl (C=O) groups is 2. The molecular formula is C79H138NO8P. The number of hydrogen-bond donors (Lipinski definition) is 2. The highest BCUT2D eigenvalue weighted by Crippen LogP contribution is 2.43. The predicted molar refractivity (Wildman–Crippen MR) is 385 cm³/mol. The Morgan fingerprint density at radius 2 is 0.618 bits per heavy atom. The van der Waals surface area contributed by atoms with Crippen LogP contribution < -0.4 is 5.73 Å². The van der Waals surface area contributed by atoms with E-state index in [0.717, 1.165) is 96.3 Å². The number of rotatable bonds is 69. The van der Waals surface area contributed by atoms with Gasteiger partial charge in [-0.3, -0.25) is 18.6 Å². The number of phosphoric acid groups is 1. The summed E-state index contributed by atoms with van der Waals surface area (Å²) < 4.78 is 33.2. The first-order chi connectivity index (χ1) is 43.8. The molecule has 0 aliphatic rings. The quantitative estimate of drug-likeness (QED) is 0.0264. The number of hydrogen-bond acceptors (Lipinski definition) is 8. The molecule has 3 N–H and O–H groups in total. The van der Waals surface area contributed by atoms with Crippen molar-refractivity contribution in [2.45, 2.75) is 341 Å². The standard InChI is InChI=1S/C79H138NO8P/c1-3-5-7-9-11-13-15-17-19-21-23-25-27-29-31-32-33-34-35-36-37-38-39-40-41-42-43-44-46-48-50-52-54-56-58-60-62-64-66-68-70-72-79(82)88-77(76-87-89(83,84)86-74-73-80)75-85-78(81)71-69-67-65-63-61-59-57-55-53-51-49-47-45-30-28-26-24-22-20-18-16-14-12-10-8-6-4-2/h5,7,11,13,16-19,22-25,28-31,33-34,36-37,77H,3-4,6,8-10,12,14-15,20-21,26-27,32,35,38-76,80H2,1-2H3,(H,83,84)/b7-5-,13-11-,18-16-,19-17-,24-22-,25-23-,30-28-,31-29-,34-33-,37-36-. The van der Waals surface area contributed by atoms with E-state index in [4.69, 9.17) is 24.3 Å². The Morgan fingerprint density at radius 1 is 0.348 bits per heavy atom. The highest BCUT2D eigenvalue weighted by molar-refractivity contribution is 7.47. The molecule has 0 spiro atoms. The highest BCUT2D eigenvalue weighted by atomic mass is 31.2. The van der Waals surface area contributed by atoms with Crippen LogP contribution in [-0.4, -0.2) is 49.3 Å². The minimum absolute atomic E-state index is 0.0506. The van der Waals surface area contributed by atoms with Crippen molar-refractivity contribution < 1.29 is 37.6 Å². The van der Waals surface area contributed by atoms with Crippen LogP contribution in [0.2, 0.25) is 0 Å². The second-order valence-corrected chi connectivity index (χ2v) is 25.9. The fraction of sp³-hybridized carbons (Fsp3) is 0.722. The van der Waals surface area contributed by atoms with Crippen LogP contribution in [0.3, 0.4) is 0 Å². The van der Waals surface area contributed by atoms with E-state index in [2.05, 4.69) is 135 Å². The summed E-state index contributed by atoms with van der Waals surface area (Å²) in [6, 6.07) is 0. The zero-order valence-electron chi connectivity index (χ0n) is 57.6. The summed E-state index contributed by atoms with van der Waals surface area (Å²) in [4.78, 5) is 35.4. The first kappa shape index (κ1) is 85.4. The highest BCUT2D eigenvalue weighted by Gasteiger charge is 2.26. The Bertz CT molecular complexity index is 1880. The SMILES string of the molecule is CC/C=C\C/C=C\C/C=C\C/C=C\C/C=C\C/C=C\C/C=C\CCCCCCCCCCCCCCCCCCCCCC(=O)OC(COC(=O)CCCCCCCCCCCCCC/C=C\C/C=C\C/C=C\CCCCCCC)COP(=O)(O)OCCN. The molecule has 512 valence electrons. The smallest absolute Gasteiger partial charge is 0.462 e. The predicted octanol–water partition coefficient (Wildman–Crippen LogP) is 24.6. The van der Waals surface area contributed by atoms with Gasteiger partial charge in [-0.1, -0.05) is 334 Å². The molecular weight excluding hydrogens is 1120 g/mol. The van der Waals surface area contributed by atoms with E-state index < -0.39 is 26.5 Å². The summed E-state index contributed by atoms with van der Waals surface area (Å²) in [7, 11) is -4.40. The number of carbonyl (C=O) groups excluding carboxylic acids is 2. The van der Waals surface area contributed by atoms with E-state index in [-0.39, 0.29) is 38.6 Å². The molecule has 0 radical (unpaired) electrons. The number of ether oxygens (including phenoxy) is 2. The van der Waals surface area contributed by atoms with E-state index in [0.29, 0.717) is 6.42 Å². The third-order valence-corrected chi connectivity index (χ3v) is 16.8. The lowest BCUT2D eigenvalue weighted by Gasteiger charge is -2.19. The van der Waals surface area contributed by atoms with Crippen LogP contribution in [0, 0.1) is 0 Å². The van der Waals surface area contributed by atoms with Gasteiger partial charge in [0.2, 0.25) is 0 Å². The molecule has 0 saturated carbocycles. The summed E-state index contributed by atoms with van der Waals surface area (Å²) in [5.74, 6) is -0.821. The van der Waals surface area contributed by atoms with Gasteiger partial charge in [0.05, 0.1) is 13.2 Å². The van der Waals surface area contributed by atoms with Crippen LogP contribution in [-0.2, 0) is 32.7 Å². The summed E-state index contributed by atoms with van der Waals surface area (Å²) in [5.41, 5.74) is 5.41. The molecule has 0 fully saturated rings. The van der Waals surface area contributed by atoms with E-state index in [1.54, 1.807) is 0 Å². The summed E-state index contributed by atoms with van der Waals surface area (Å²) >= 11 is 0. The topological polar surface area (TPSA) is 134 Å². The van der Waals surface area contributed by atoms with Crippen LogP contribution >= 0.6 is 7.82 Å². The molecule has 0 aliphatic carbocycles. The minimum Gasteiger partial charge on any atom is -0.462 e. The lowest BCUT2D eigenvalue weighted by molar-refractivity contribution is -0.161. The number of nitrogens with two attached hydrogens (primary N) is 1. The van der Waals surface area contributed by atoms with Crippen molar-refractivity contribution in [3.05, 3.63) is 122 Å². The first-order valence-electron chi connectivity index (χ1n) is 37.0. The first-order valence-corrected chi connectivity index (χ1v) is 38.5. The number of unbranched alkanes of at least 4 members (excludes halogenated alkanes) is 36. The summed E-state index contributed by atoms with van der Waals surface area (Å²) in [6.45, 7) is 3.65. The van der Waals surface area contributed by atoms with E-state index in [1.807, 2.05) is 0 Å². The van der Waals surface area contributed by atoms with Gasteiger partial charge < -0.3 is 20.1 Å². The lowest BCUT2D eigenvalue weighted by Crippen LogP contribution is -2.29. The van der Waals surface area contributed by atoms with Crippen LogP contribution in [0.4, 0.5) is 0 Å². The molecule has 0 aliphatic heterocycles. The molecule has 0 saturated heterocycles. The molecule has 0 rings (SSSR count). The maximum Gasteiger partial charge on any atom is 0.472 e. The molecule has 9 nitrogen and oxygen atoms in total. The molecule has 0 aromatic heterocycles. The van der Waals surface area contributed by atoms with Gasteiger partial charge in [0, 0.05) is 19.4 Å². The Morgan fingerprint density at radius 3 is 0.921 bits per heavy atom. The van der Waals surface area contributed by atoms with Gasteiger partial charge in [-0.25, -0.2) is 4.57 Å². The van der Waals surface area contributed by atoms with Crippen LogP contribution in [0.5, 0.6) is 0 Å². The van der Waals surface area contributed by atoms with Crippen molar-refractivity contribution in [3.8, 4) is 0 Å². The van der Waals surface area contributed by atoms with Gasteiger partial charge in [-0.05, 0) is 109 Å². The van der Waals surface area contributed by atoms with Gasteiger partial charge in [-0.15, -0.1) is 0 Å². The fourth-order valence-corrected chi connectivity index (χ4v) is 11.2. The van der Waals surface area contributed by atoms with Gasteiger partial charge in [-0.2, -0.15) is 0 Å². The van der Waals surface area contributed by atoms with Crippen LogP contribution in [0.15, 0.2) is 122 Å². The van der Waals surface area contributed by atoms with Gasteiger partial charge in [0.15, 0.2) is 6.10 Å². The third-order valence-electron chi connectivity index (χ3n) is 15.8. The van der Waals surface area contributed by atoms with Crippen molar-refractivity contribution in [2.24, 2.45) is 5.73 Å². The summed E-state index contributed by atoms with van der Waals surface area (Å²) in [6.07, 6.45) is 103. The van der Waals surface area contributed by atoms with Gasteiger partial charge in [0.25, 0.3) is 0 Å². The zero-order chi connectivity index (χ0) is 64.4. The Kier molecular flexibility index (Phi) is 70.5. The molecule has 89 heavy (non-hydrogen) atoms. The van der Waals surface area contributed by atoms with Crippen molar-refractivity contribution in [1.82, 2.24) is 0 Å². The second kappa shape index (κ2) is 73.5. The van der Waals surface area contributed by atoms with Crippen molar-refractivity contribution in [2.75, 3.05) is 26.4 Å². The number of phosphoric ester groups is 1. The maximum atomic E-state index is 12.8. The van der Waals surface area contributed by atoms with Crippen molar-refractivity contribution >= 4 is 19.8 Å². The molecule has 0 bridgehead atoms. The maximum absolute atomic E-state index is 12.8. The monoisotopic (exact) mass is 1260 g/mol. The molecule has 10 heteroatoms. The number of allylic oxidation sites excluding steroid dienone is 20. The average Bonchev–Trinajstić information content (AvgIpc) is 3.58. The van der Waals surface area contributed by atoms with Crippen molar-refractivity contribution in [3.63, 3.8) is 0 Å². The van der Waals surface area contributed by atoms with Gasteiger partial charge >= 0.3 is 19.8 Å². The number of esters is 2. The lowest BCUT2D eigenvalue weighted by atomic mass is 10.0. The largest absolute Gasteiger partial charge is 0.472 e. The average molecular weight is 1260 g/mol. The van der Waals surface area contributed by atoms with Crippen molar-refractivity contribution in [1.29, 1.82) is 0 Å². The van der Waals surface area contributed by atoms with Crippen LogP contribution in [0.25, 0.3) is 0 Å². The fourth-order valence-electron chi connectivity index (χ4n) is 10.4. The van der Waals surface area contributed by atoms with E-state index in [9.17, 15) is 19.0 Å². The molecule has 0 heterocycles. The van der Waals surface area contributed by atoms with Crippen LogP contribution in [0.1, 0.15) is 335 Å². The third kappa shape index (κ3) is 73.3. The Labute approximate surface area is 549 Å². The normalized spacial score (nSPS) is 13.6. The van der Waals surface area contributed by atoms with E-state index >= 15 is 0 Å². The molecule has 0 aromatic rings.